The molecule has 41 heavy (non-hydrogen) atoms. The number of amides is 3. The average molecular weight is 593 g/mol. The van der Waals surface area contributed by atoms with E-state index in [0.717, 1.165) is 28.6 Å². The van der Waals surface area contributed by atoms with Gasteiger partial charge in [0.25, 0.3) is 5.91 Å². The second-order valence-corrected chi connectivity index (χ2v) is 16.8. The lowest BCUT2D eigenvalue weighted by Crippen LogP contribution is -2.51. The number of alkyl carbamates (subject to hydrolysis) is 1. The molecule has 0 unspecified atom stereocenters. The first kappa shape index (κ1) is 34.3. The maximum absolute atomic E-state index is 13.9. The maximum Gasteiger partial charge on any atom is 0.417 e. The molecule has 3 atom stereocenters. The summed E-state index contributed by atoms with van der Waals surface area (Å²) in [6, 6.07) is 11.3. The van der Waals surface area contributed by atoms with Gasteiger partial charge in [0.1, 0.15) is 11.7 Å². The molecule has 0 saturated carbocycles. The summed E-state index contributed by atoms with van der Waals surface area (Å²) in [5.74, 6) is -1.36. The van der Waals surface area contributed by atoms with Crippen LogP contribution in [-0.4, -0.2) is 67.2 Å². The van der Waals surface area contributed by atoms with Crippen molar-refractivity contribution in [3.05, 3.63) is 35.9 Å². The molecule has 2 rings (SSSR count). The Morgan fingerprint density at radius 2 is 1.61 bits per heavy atom. The fraction of sp³-hybridized carbons (Fsp3) is 0.667. The molecule has 1 aromatic rings. The molecular formula is C30H48N2O8Si. The molecule has 3 amide bonds. The van der Waals surface area contributed by atoms with Gasteiger partial charge < -0.3 is 24.0 Å². The van der Waals surface area contributed by atoms with E-state index in [0.29, 0.717) is 0 Å². The van der Waals surface area contributed by atoms with Crippen molar-refractivity contribution in [1.82, 2.24) is 10.2 Å². The summed E-state index contributed by atoms with van der Waals surface area (Å²) in [7, 11) is -2.08. The molecule has 1 aliphatic rings. The molecule has 1 heterocycles. The lowest BCUT2D eigenvalue weighted by Gasteiger charge is -2.40. The van der Waals surface area contributed by atoms with E-state index in [-0.39, 0.29) is 19.4 Å². The Morgan fingerprint density at radius 1 is 1.02 bits per heavy atom. The van der Waals surface area contributed by atoms with Gasteiger partial charge in [0.15, 0.2) is 14.4 Å². The van der Waals surface area contributed by atoms with E-state index in [9.17, 15) is 19.2 Å². The van der Waals surface area contributed by atoms with Crippen molar-refractivity contribution in [2.24, 2.45) is 0 Å². The van der Waals surface area contributed by atoms with Gasteiger partial charge in [-0.2, -0.15) is 0 Å². The molecule has 0 aromatic heterocycles. The third kappa shape index (κ3) is 9.84. The number of carbonyl (C=O) groups is 4. The summed E-state index contributed by atoms with van der Waals surface area (Å²) >= 11 is 0. The molecular weight excluding hydrogens is 544 g/mol. The monoisotopic (exact) mass is 592 g/mol. The highest BCUT2D eigenvalue weighted by Crippen LogP contribution is 2.35. The minimum atomic E-state index is -2.08. The standard InChI is InChI=1S/C30H48N2O8Si/c1-10-41(11-2,12-3)40-30(8,9)20-23(37-24(33)18-19-31-27(35)39-29(5,6)7)26(34)32-21(4)25(38-28(32)36)22-16-14-13-15-17-22/h13-17,21,23,25H,10-12,18-20H2,1-9H3,(H,31,35)/t21-,23-,25-/m1/s1. The van der Waals surface area contributed by atoms with Crippen LogP contribution in [0.5, 0.6) is 0 Å². The van der Waals surface area contributed by atoms with Crippen LogP contribution in [0.3, 0.4) is 0 Å². The summed E-state index contributed by atoms with van der Waals surface area (Å²) < 4.78 is 23.2. The van der Waals surface area contributed by atoms with Crippen molar-refractivity contribution in [2.75, 3.05) is 6.54 Å². The Kier molecular flexibility index (Phi) is 12.0. The van der Waals surface area contributed by atoms with Crippen LogP contribution in [0.1, 0.15) is 86.8 Å². The smallest absolute Gasteiger partial charge is 0.417 e. The highest BCUT2D eigenvalue weighted by Gasteiger charge is 2.48. The van der Waals surface area contributed by atoms with Gasteiger partial charge >= 0.3 is 18.2 Å². The summed E-state index contributed by atoms with van der Waals surface area (Å²) in [6.45, 7) is 17.0. The van der Waals surface area contributed by atoms with Gasteiger partial charge in [-0.15, -0.1) is 0 Å². The van der Waals surface area contributed by atoms with Crippen LogP contribution in [0.25, 0.3) is 0 Å². The SMILES string of the molecule is CC[Si](CC)(CC)OC(C)(C)C[C@@H](OC(=O)CCNC(=O)OC(C)(C)C)C(=O)N1C(=O)O[C@@H](c2ccccc2)[C@H]1C. The molecule has 0 aliphatic carbocycles. The quantitative estimate of drug-likeness (QED) is 0.165. The molecule has 11 heteroatoms. The van der Waals surface area contributed by atoms with E-state index in [1.165, 1.54) is 0 Å². The molecule has 0 bridgehead atoms. The predicted molar refractivity (Wildman–Crippen MR) is 158 cm³/mol. The fourth-order valence-electron chi connectivity index (χ4n) is 5.02. The minimum absolute atomic E-state index is 0.0374. The van der Waals surface area contributed by atoms with Crippen LogP contribution in [-0.2, 0) is 28.2 Å². The molecule has 0 spiro atoms. The van der Waals surface area contributed by atoms with Crippen LogP contribution in [0.2, 0.25) is 18.1 Å². The van der Waals surface area contributed by atoms with E-state index in [1.807, 2.05) is 44.2 Å². The fourth-order valence-corrected chi connectivity index (χ4v) is 8.21. The van der Waals surface area contributed by atoms with Crippen molar-refractivity contribution in [3.8, 4) is 0 Å². The van der Waals surface area contributed by atoms with Crippen LogP contribution < -0.4 is 5.32 Å². The van der Waals surface area contributed by atoms with Gasteiger partial charge in [0, 0.05) is 13.0 Å². The Balaban J connectivity index is 2.24. The molecule has 230 valence electrons. The van der Waals surface area contributed by atoms with E-state index in [4.69, 9.17) is 18.6 Å². The molecule has 10 nitrogen and oxygen atoms in total. The Morgan fingerprint density at radius 3 is 2.15 bits per heavy atom. The molecule has 1 fully saturated rings. The summed E-state index contributed by atoms with van der Waals surface area (Å²) in [6.07, 6.45) is -3.52. The van der Waals surface area contributed by atoms with Crippen LogP contribution >= 0.6 is 0 Å². The second-order valence-electron chi connectivity index (χ2n) is 12.1. The van der Waals surface area contributed by atoms with Crippen LogP contribution in [0, 0.1) is 0 Å². The molecule has 1 saturated heterocycles. The normalized spacial score (nSPS) is 18.5. The van der Waals surface area contributed by atoms with Crippen molar-refractivity contribution in [1.29, 1.82) is 0 Å². The van der Waals surface area contributed by atoms with Crippen molar-refractivity contribution in [3.63, 3.8) is 0 Å². The van der Waals surface area contributed by atoms with Crippen molar-refractivity contribution >= 4 is 32.4 Å². The van der Waals surface area contributed by atoms with E-state index >= 15 is 0 Å². The highest BCUT2D eigenvalue weighted by atomic mass is 28.4. The Hall–Kier alpha value is -2.92. The lowest BCUT2D eigenvalue weighted by molar-refractivity contribution is -0.162. The Bertz CT molecular complexity index is 1040. The zero-order valence-electron chi connectivity index (χ0n) is 26.1. The highest BCUT2D eigenvalue weighted by molar-refractivity contribution is 6.73. The number of nitrogens with zero attached hydrogens (tertiary/aromatic N) is 1. The first-order chi connectivity index (χ1) is 19.1. The van der Waals surface area contributed by atoms with E-state index in [1.54, 1.807) is 27.7 Å². The molecule has 1 aromatic carbocycles. The number of nitrogens with one attached hydrogen (secondary N) is 1. The number of cyclic esters (lactones) is 1. The average Bonchev–Trinajstić information content (AvgIpc) is 3.19. The predicted octanol–water partition coefficient (Wildman–Crippen LogP) is 6.11. The largest absolute Gasteiger partial charge is 0.452 e. The summed E-state index contributed by atoms with van der Waals surface area (Å²) in [5, 5.41) is 2.52. The first-order valence-corrected chi connectivity index (χ1v) is 17.0. The number of hydrogen-bond acceptors (Lipinski definition) is 8. The zero-order valence-corrected chi connectivity index (χ0v) is 27.1. The number of imide groups is 1. The van der Waals surface area contributed by atoms with E-state index < -0.39 is 61.8 Å². The first-order valence-electron chi connectivity index (χ1n) is 14.5. The van der Waals surface area contributed by atoms with Gasteiger partial charge in [-0.3, -0.25) is 9.59 Å². The minimum Gasteiger partial charge on any atom is -0.452 e. The molecule has 1 N–H and O–H groups in total. The van der Waals surface area contributed by atoms with Crippen molar-refractivity contribution < 1.29 is 37.8 Å². The van der Waals surface area contributed by atoms with Gasteiger partial charge in [0.05, 0.1) is 18.1 Å². The van der Waals surface area contributed by atoms with Crippen LogP contribution in [0.4, 0.5) is 9.59 Å². The number of benzene rings is 1. The zero-order chi connectivity index (χ0) is 31.0. The lowest BCUT2D eigenvalue weighted by atomic mass is 9.98. The summed E-state index contributed by atoms with van der Waals surface area (Å²) in [5.41, 5.74) is -0.728. The number of ether oxygens (including phenoxy) is 3. The Labute approximate surface area is 245 Å². The molecule has 0 radical (unpaired) electrons. The van der Waals surface area contributed by atoms with Gasteiger partial charge in [-0.25, -0.2) is 14.5 Å². The summed E-state index contributed by atoms with van der Waals surface area (Å²) in [4.78, 5) is 52.7. The van der Waals surface area contributed by atoms with Gasteiger partial charge in [-0.05, 0) is 65.2 Å². The number of hydrogen-bond donors (Lipinski definition) is 1. The number of rotatable bonds is 13. The number of esters is 1. The van der Waals surface area contributed by atoms with Gasteiger partial charge in [-0.1, -0.05) is 51.1 Å². The number of carbonyl (C=O) groups excluding carboxylic acids is 4. The van der Waals surface area contributed by atoms with E-state index in [2.05, 4.69) is 26.1 Å². The molecule has 1 aliphatic heterocycles. The van der Waals surface area contributed by atoms with Gasteiger partial charge in [0.2, 0.25) is 0 Å². The van der Waals surface area contributed by atoms with Crippen LogP contribution in [0.15, 0.2) is 30.3 Å². The topological polar surface area (TPSA) is 120 Å². The maximum atomic E-state index is 13.9. The third-order valence-electron chi connectivity index (χ3n) is 7.28. The second kappa shape index (κ2) is 14.3. The van der Waals surface area contributed by atoms with Crippen molar-refractivity contribution in [2.45, 2.75) is 123 Å². The third-order valence-corrected chi connectivity index (χ3v) is 12.1.